The highest BCUT2D eigenvalue weighted by molar-refractivity contribution is 5.89. The van der Waals surface area contributed by atoms with Gasteiger partial charge in [0, 0.05) is 24.4 Å². The minimum Gasteiger partial charge on any atom is -0.452 e. The fourth-order valence-corrected chi connectivity index (χ4v) is 9.69. The number of hydrogen-bond acceptors (Lipinski definition) is 10. The fraction of sp³-hybridized carbons (Fsp3) is 0.741. The van der Waals surface area contributed by atoms with Crippen LogP contribution in [0.1, 0.15) is 57.3 Å². The Balaban J connectivity index is 1.68. The summed E-state index contributed by atoms with van der Waals surface area (Å²) >= 11 is 0. The zero-order valence-corrected chi connectivity index (χ0v) is 21.4. The van der Waals surface area contributed by atoms with Gasteiger partial charge in [0.1, 0.15) is 22.4 Å². The van der Waals surface area contributed by atoms with Gasteiger partial charge in [-0.25, -0.2) is 4.79 Å². The SMILES string of the molecule is C[C@H]1CC[C@]2(O)[C@]3(C)C[C@]4(O)O[C@@]2([C@@H]1O)[C@]1(O)[C@@]3(O)[C@H](OC(=O)c2ccccc2)[C@](O)([C@@H](C)CO)[C@@]14C. The van der Waals surface area contributed by atoms with Crippen molar-refractivity contribution in [1.82, 2.24) is 0 Å². The van der Waals surface area contributed by atoms with Crippen molar-refractivity contribution >= 4 is 5.97 Å². The first-order valence-electron chi connectivity index (χ1n) is 12.9. The molecule has 7 N–H and O–H groups in total. The molecule has 0 aromatic heterocycles. The van der Waals surface area contributed by atoms with E-state index in [-0.39, 0.29) is 12.0 Å². The number of rotatable bonds is 4. The largest absolute Gasteiger partial charge is 0.452 e. The van der Waals surface area contributed by atoms with E-state index in [0.717, 1.165) is 0 Å². The van der Waals surface area contributed by atoms with Crippen molar-refractivity contribution in [1.29, 1.82) is 0 Å². The van der Waals surface area contributed by atoms with Crippen LogP contribution in [0.2, 0.25) is 0 Å². The van der Waals surface area contributed by atoms with Crippen LogP contribution in [0.3, 0.4) is 0 Å². The number of hydrogen-bond donors (Lipinski definition) is 7. The summed E-state index contributed by atoms with van der Waals surface area (Å²) in [7, 11) is 0. The first-order valence-corrected chi connectivity index (χ1v) is 12.9. The minimum atomic E-state index is -2.70. The molecule has 37 heavy (non-hydrogen) atoms. The summed E-state index contributed by atoms with van der Waals surface area (Å²) in [5.74, 6) is -4.93. The van der Waals surface area contributed by atoms with E-state index in [1.807, 2.05) is 0 Å². The number of aliphatic hydroxyl groups excluding tert-OH is 2. The molecule has 1 spiro atoms. The van der Waals surface area contributed by atoms with Crippen LogP contribution < -0.4 is 0 Å². The van der Waals surface area contributed by atoms with E-state index in [9.17, 15) is 40.5 Å². The number of aliphatic hydroxyl groups is 7. The maximum Gasteiger partial charge on any atom is 0.338 e. The quantitative estimate of drug-likeness (QED) is 0.255. The van der Waals surface area contributed by atoms with Crippen molar-refractivity contribution in [3.8, 4) is 0 Å². The summed E-state index contributed by atoms with van der Waals surface area (Å²) in [5, 5.41) is 84.5. The Morgan fingerprint density at radius 2 is 1.76 bits per heavy atom. The molecule has 10 heteroatoms. The smallest absolute Gasteiger partial charge is 0.338 e. The topological polar surface area (TPSA) is 177 Å². The average Bonchev–Trinajstić information content (AvgIpc) is 3.11. The molecule has 12 atom stereocenters. The number of benzene rings is 1. The molecule has 2 saturated heterocycles. The first-order chi connectivity index (χ1) is 17.1. The van der Waals surface area contributed by atoms with Crippen LogP contribution >= 0.6 is 0 Å². The fourth-order valence-electron chi connectivity index (χ4n) is 9.69. The molecule has 10 nitrogen and oxygen atoms in total. The van der Waals surface area contributed by atoms with Gasteiger partial charge in [-0.15, -0.1) is 0 Å². The predicted octanol–water partition coefficient (Wildman–Crippen LogP) is -0.543. The summed E-state index contributed by atoms with van der Waals surface area (Å²) < 4.78 is 12.1. The standard InChI is InChI=1S/C27H36O10/c1-14-10-11-22(31)20(3)13-23(32)21(4)24(33,15(2)12-28)19(36-18(30)16-8-6-5-7-9-16)25(20,34)27(21,35)26(22,37-23)17(14)29/h5-9,14-15,17,19,28-29,31-35H,10-13H2,1-4H3/t14-,15-,17+,19+,20-,21-,22-,23-,24+,25+,26+,27+/m0/s1. The molecule has 6 bridgehead atoms. The molecule has 7 rings (SSSR count). The van der Waals surface area contributed by atoms with Gasteiger partial charge in [0.05, 0.1) is 17.1 Å². The number of ether oxygens (including phenoxy) is 2. The molecular weight excluding hydrogens is 484 g/mol. The lowest BCUT2D eigenvalue weighted by atomic mass is 9.52. The van der Waals surface area contributed by atoms with Gasteiger partial charge in [-0.1, -0.05) is 39.0 Å². The van der Waals surface area contributed by atoms with Gasteiger partial charge >= 0.3 is 5.97 Å². The van der Waals surface area contributed by atoms with E-state index in [2.05, 4.69) is 0 Å². The van der Waals surface area contributed by atoms with Gasteiger partial charge in [-0.2, -0.15) is 0 Å². The number of carbonyl (C=O) groups excluding carboxylic acids is 1. The van der Waals surface area contributed by atoms with Crippen LogP contribution in [0.5, 0.6) is 0 Å². The number of carbonyl (C=O) groups is 1. The monoisotopic (exact) mass is 520 g/mol. The molecule has 1 aromatic rings. The van der Waals surface area contributed by atoms with Gasteiger partial charge in [-0.3, -0.25) is 0 Å². The highest BCUT2D eigenvalue weighted by Crippen LogP contribution is 2.90. The second-order valence-electron chi connectivity index (χ2n) is 12.6. The molecule has 0 amide bonds. The van der Waals surface area contributed by atoms with Crippen LogP contribution in [0, 0.1) is 22.7 Å². The Morgan fingerprint density at radius 1 is 1.14 bits per heavy atom. The third kappa shape index (κ3) is 1.99. The molecule has 4 saturated carbocycles. The Hall–Kier alpha value is -1.63. The van der Waals surface area contributed by atoms with Crippen LogP contribution in [-0.2, 0) is 9.47 Å². The highest BCUT2D eigenvalue weighted by Gasteiger charge is 3.10. The Bertz CT molecular complexity index is 1180. The molecule has 4 aliphatic carbocycles. The normalized spacial score (nSPS) is 57.9. The molecule has 6 aliphatic rings. The lowest BCUT2D eigenvalue weighted by Gasteiger charge is -2.60. The zero-order valence-electron chi connectivity index (χ0n) is 21.4. The Kier molecular flexibility index (Phi) is 4.67. The van der Waals surface area contributed by atoms with Crippen LogP contribution in [0.15, 0.2) is 30.3 Å². The lowest BCUT2D eigenvalue weighted by molar-refractivity contribution is -0.390. The average molecular weight is 521 g/mol. The Labute approximate surface area is 214 Å². The van der Waals surface area contributed by atoms with E-state index < -0.39 is 87.7 Å². The molecule has 2 heterocycles. The van der Waals surface area contributed by atoms with Gasteiger partial charge in [-0.05, 0) is 37.8 Å². The maximum atomic E-state index is 13.4. The third-order valence-corrected chi connectivity index (χ3v) is 11.6. The van der Waals surface area contributed by atoms with Gasteiger partial charge in [0.2, 0.25) is 0 Å². The maximum absolute atomic E-state index is 13.4. The third-order valence-electron chi connectivity index (χ3n) is 11.6. The predicted molar refractivity (Wildman–Crippen MR) is 126 cm³/mol. The second-order valence-corrected chi connectivity index (χ2v) is 12.6. The van der Waals surface area contributed by atoms with Crippen LogP contribution in [0.4, 0.5) is 0 Å². The van der Waals surface area contributed by atoms with E-state index in [0.29, 0.717) is 6.42 Å². The molecule has 2 aliphatic heterocycles. The van der Waals surface area contributed by atoms with Gasteiger partial charge < -0.3 is 45.2 Å². The summed E-state index contributed by atoms with van der Waals surface area (Å²) in [4.78, 5) is 13.4. The highest BCUT2D eigenvalue weighted by atomic mass is 16.7. The molecule has 0 unspecified atom stereocenters. The van der Waals surface area contributed by atoms with Crippen molar-refractivity contribution < 1.29 is 50.0 Å². The van der Waals surface area contributed by atoms with Crippen LogP contribution in [0.25, 0.3) is 0 Å². The van der Waals surface area contributed by atoms with E-state index in [4.69, 9.17) is 9.47 Å². The molecule has 1 aromatic carbocycles. The summed E-state index contributed by atoms with van der Waals surface area (Å²) in [6, 6.07) is 7.89. The summed E-state index contributed by atoms with van der Waals surface area (Å²) in [6.45, 7) is 5.28. The van der Waals surface area contributed by atoms with Crippen molar-refractivity contribution in [2.24, 2.45) is 22.7 Å². The van der Waals surface area contributed by atoms with Gasteiger partial charge in [0.15, 0.2) is 17.5 Å². The molecular formula is C27H36O10. The molecule has 204 valence electrons. The van der Waals surface area contributed by atoms with E-state index in [1.165, 1.54) is 32.9 Å². The lowest BCUT2D eigenvalue weighted by Crippen LogP contribution is -2.75. The second kappa shape index (κ2) is 6.74. The molecule has 0 radical (unpaired) electrons. The summed E-state index contributed by atoms with van der Waals surface area (Å²) in [6.07, 6.45) is -3.52. The zero-order chi connectivity index (χ0) is 27.2. The van der Waals surface area contributed by atoms with Gasteiger partial charge in [0.25, 0.3) is 0 Å². The first kappa shape index (κ1) is 25.6. The summed E-state index contributed by atoms with van der Waals surface area (Å²) in [5.41, 5.74) is -16.0. The minimum absolute atomic E-state index is 0.0197. The van der Waals surface area contributed by atoms with Crippen molar-refractivity contribution in [2.45, 2.75) is 93.0 Å². The van der Waals surface area contributed by atoms with E-state index >= 15 is 0 Å². The van der Waals surface area contributed by atoms with Crippen LogP contribution in [-0.4, -0.2) is 94.3 Å². The number of esters is 1. The van der Waals surface area contributed by atoms with E-state index in [1.54, 1.807) is 25.1 Å². The van der Waals surface area contributed by atoms with Crippen molar-refractivity contribution in [3.63, 3.8) is 0 Å². The Morgan fingerprint density at radius 3 is 2.35 bits per heavy atom. The van der Waals surface area contributed by atoms with Crippen molar-refractivity contribution in [3.05, 3.63) is 35.9 Å². The molecule has 6 fully saturated rings. The van der Waals surface area contributed by atoms with Crippen molar-refractivity contribution in [2.75, 3.05) is 6.61 Å².